The Morgan fingerprint density at radius 1 is 1.31 bits per heavy atom. The Morgan fingerprint density at radius 2 is 2.00 bits per heavy atom. The molecule has 0 aliphatic heterocycles. The third-order valence-corrected chi connectivity index (χ3v) is 3.42. The zero-order chi connectivity index (χ0) is 12.1. The largest absolute Gasteiger partial charge is 0.310 e. The molecular weight excluding hydrogens is 196 g/mol. The molecule has 0 spiro atoms. The normalized spacial score (nSPS) is 15.1. The van der Waals surface area contributed by atoms with Crippen LogP contribution in [0.1, 0.15) is 44.9 Å². The average Bonchev–Trinajstić information content (AvgIpc) is 2.26. The van der Waals surface area contributed by atoms with Crippen LogP contribution in [0.3, 0.4) is 0 Å². The highest BCUT2D eigenvalue weighted by atomic mass is 14.9. The zero-order valence-corrected chi connectivity index (χ0v) is 11.1. The number of nitrogens with zero attached hydrogens (tertiary/aromatic N) is 1. The maximum atomic E-state index is 4.25. The lowest BCUT2D eigenvalue weighted by Crippen LogP contribution is -2.30. The summed E-state index contributed by atoms with van der Waals surface area (Å²) in [6, 6.07) is 2.51. The lowest BCUT2D eigenvalue weighted by atomic mass is 9.85. The van der Waals surface area contributed by atoms with Crippen molar-refractivity contribution in [2.45, 2.75) is 40.7 Å². The molecule has 2 unspecified atom stereocenters. The third kappa shape index (κ3) is 3.05. The van der Waals surface area contributed by atoms with Gasteiger partial charge in [0, 0.05) is 18.4 Å². The van der Waals surface area contributed by atoms with Gasteiger partial charge in [-0.15, -0.1) is 0 Å². The van der Waals surface area contributed by atoms with Gasteiger partial charge in [-0.25, -0.2) is 0 Å². The lowest BCUT2D eigenvalue weighted by molar-refractivity contribution is 0.306. The van der Waals surface area contributed by atoms with Crippen LogP contribution in [0, 0.1) is 18.8 Å². The van der Waals surface area contributed by atoms with Crippen LogP contribution in [0.2, 0.25) is 0 Å². The molecule has 90 valence electrons. The van der Waals surface area contributed by atoms with Crippen LogP contribution < -0.4 is 5.32 Å². The number of aryl methyl sites for hydroxylation is 1. The molecule has 2 atom stereocenters. The summed E-state index contributed by atoms with van der Waals surface area (Å²) < 4.78 is 0. The molecule has 0 aromatic carbocycles. The second-order valence-corrected chi connectivity index (χ2v) is 4.87. The van der Waals surface area contributed by atoms with Crippen molar-refractivity contribution < 1.29 is 0 Å². The fourth-order valence-electron chi connectivity index (χ4n) is 1.99. The summed E-state index contributed by atoms with van der Waals surface area (Å²) in [6.45, 7) is 12.2. The molecule has 1 rings (SSSR count). The summed E-state index contributed by atoms with van der Waals surface area (Å²) in [7, 11) is 0. The van der Waals surface area contributed by atoms with Gasteiger partial charge >= 0.3 is 0 Å². The van der Waals surface area contributed by atoms with Gasteiger partial charge in [0.05, 0.1) is 0 Å². The molecule has 2 heteroatoms. The van der Waals surface area contributed by atoms with E-state index in [9.17, 15) is 0 Å². The molecule has 1 aromatic rings. The highest BCUT2D eigenvalue weighted by molar-refractivity contribution is 5.25. The second kappa shape index (κ2) is 6.00. The summed E-state index contributed by atoms with van der Waals surface area (Å²) in [5.74, 6) is 1.28. The Morgan fingerprint density at radius 3 is 2.50 bits per heavy atom. The predicted octanol–water partition coefficient (Wildman–Crippen LogP) is 3.33. The molecule has 0 aliphatic rings. The number of rotatable bonds is 5. The molecule has 0 fully saturated rings. The van der Waals surface area contributed by atoms with E-state index in [0.29, 0.717) is 17.9 Å². The Hall–Kier alpha value is -0.890. The first-order valence-electron chi connectivity index (χ1n) is 6.21. The van der Waals surface area contributed by atoms with Crippen LogP contribution in [-0.4, -0.2) is 11.5 Å². The van der Waals surface area contributed by atoms with Crippen molar-refractivity contribution in [3.63, 3.8) is 0 Å². The first-order chi connectivity index (χ1) is 7.57. The van der Waals surface area contributed by atoms with Crippen LogP contribution in [-0.2, 0) is 0 Å². The average molecular weight is 220 g/mol. The third-order valence-electron chi connectivity index (χ3n) is 3.42. The molecule has 0 saturated heterocycles. The molecule has 1 N–H and O–H groups in total. The number of aromatic nitrogens is 1. The highest BCUT2D eigenvalue weighted by Gasteiger charge is 2.22. The van der Waals surface area contributed by atoms with Crippen LogP contribution >= 0.6 is 0 Å². The Bertz CT molecular complexity index is 320. The molecule has 0 radical (unpaired) electrons. The van der Waals surface area contributed by atoms with Crippen LogP contribution in [0.15, 0.2) is 18.5 Å². The molecule has 2 nitrogen and oxygen atoms in total. The Labute approximate surface area is 99.5 Å². The Balaban J connectivity index is 2.98. The van der Waals surface area contributed by atoms with Crippen molar-refractivity contribution in [1.82, 2.24) is 10.3 Å². The van der Waals surface area contributed by atoms with E-state index in [2.05, 4.69) is 51.0 Å². The van der Waals surface area contributed by atoms with Gasteiger partial charge in [0.2, 0.25) is 0 Å². The molecule has 0 aliphatic carbocycles. The number of hydrogen-bond acceptors (Lipinski definition) is 2. The van der Waals surface area contributed by atoms with Crippen molar-refractivity contribution >= 4 is 0 Å². The van der Waals surface area contributed by atoms with Crippen LogP contribution in [0.4, 0.5) is 0 Å². The van der Waals surface area contributed by atoms with Gasteiger partial charge in [-0.1, -0.05) is 27.7 Å². The summed E-state index contributed by atoms with van der Waals surface area (Å²) in [6.07, 6.45) is 3.86. The maximum Gasteiger partial charge on any atom is 0.0366 e. The van der Waals surface area contributed by atoms with Gasteiger partial charge in [-0.3, -0.25) is 4.98 Å². The Kier molecular flexibility index (Phi) is 4.94. The van der Waals surface area contributed by atoms with Crippen LogP contribution in [0.5, 0.6) is 0 Å². The van der Waals surface area contributed by atoms with E-state index in [-0.39, 0.29) is 0 Å². The monoisotopic (exact) mass is 220 g/mol. The molecule has 1 aromatic heterocycles. The minimum absolute atomic E-state index is 0.415. The van der Waals surface area contributed by atoms with E-state index in [1.54, 1.807) is 0 Å². The van der Waals surface area contributed by atoms with Crippen molar-refractivity contribution in [2.75, 3.05) is 6.54 Å². The van der Waals surface area contributed by atoms with Gasteiger partial charge in [-0.05, 0) is 42.5 Å². The van der Waals surface area contributed by atoms with E-state index in [1.165, 1.54) is 11.1 Å². The number of pyridine rings is 1. The lowest BCUT2D eigenvalue weighted by Gasteiger charge is -2.29. The standard InChI is InChI=1S/C14H24N2/c1-6-16-14(12(5)10(2)3)13-9-15-8-7-11(13)4/h7-10,12,14,16H,6H2,1-5H3. The van der Waals surface area contributed by atoms with Gasteiger partial charge in [0.25, 0.3) is 0 Å². The number of hydrogen-bond donors (Lipinski definition) is 1. The first kappa shape index (κ1) is 13.2. The minimum Gasteiger partial charge on any atom is -0.310 e. The van der Waals surface area contributed by atoms with E-state index in [1.807, 2.05) is 12.4 Å². The fourth-order valence-corrected chi connectivity index (χ4v) is 1.99. The van der Waals surface area contributed by atoms with Gasteiger partial charge in [0.1, 0.15) is 0 Å². The van der Waals surface area contributed by atoms with Crippen LogP contribution in [0.25, 0.3) is 0 Å². The zero-order valence-electron chi connectivity index (χ0n) is 11.1. The quantitative estimate of drug-likeness (QED) is 0.823. The van der Waals surface area contributed by atoms with Crippen molar-refractivity contribution in [3.05, 3.63) is 29.6 Å². The SMILES string of the molecule is CCNC(c1cnccc1C)C(C)C(C)C. The summed E-state index contributed by atoms with van der Waals surface area (Å²) in [4.78, 5) is 4.25. The van der Waals surface area contributed by atoms with Crippen molar-refractivity contribution in [1.29, 1.82) is 0 Å². The van der Waals surface area contributed by atoms with Gasteiger partial charge in [0.15, 0.2) is 0 Å². The smallest absolute Gasteiger partial charge is 0.0366 e. The first-order valence-corrected chi connectivity index (χ1v) is 6.21. The minimum atomic E-state index is 0.415. The molecular formula is C14H24N2. The second-order valence-electron chi connectivity index (χ2n) is 4.87. The summed E-state index contributed by atoms with van der Waals surface area (Å²) >= 11 is 0. The number of nitrogens with one attached hydrogen (secondary N) is 1. The molecule has 0 saturated carbocycles. The fraction of sp³-hybridized carbons (Fsp3) is 0.643. The van der Waals surface area contributed by atoms with Crippen molar-refractivity contribution in [2.24, 2.45) is 11.8 Å². The van der Waals surface area contributed by atoms with Crippen molar-refractivity contribution in [3.8, 4) is 0 Å². The summed E-state index contributed by atoms with van der Waals surface area (Å²) in [5, 5.41) is 3.58. The topological polar surface area (TPSA) is 24.9 Å². The van der Waals surface area contributed by atoms with Gasteiger partial charge < -0.3 is 5.32 Å². The molecule has 0 bridgehead atoms. The summed E-state index contributed by atoms with van der Waals surface area (Å²) in [5.41, 5.74) is 2.67. The maximum absolute atomic E-state index is 4.25. The molecule has 16 heavy (non-hydrogen) atoms. The van der Waals surface area contributed by atoms with E-state index < -0.39 is 0 Å². The van der Waals surface area contributed by atoms with E-state index >= 15 is 0 Å². The highest BCUT2D eigenvalue weighted by Crippen LogP contribution is 2.28. The van der Waals surface area contributed by atoms with E-state index in [0.717, 1.165) is 6.54 Å². The van der Waals surface area contributed by atoms with E-state index in [4.69, 9.17) is 0 Å². The van der Waals surface area contributed by atoms with Gasteiger partial charge in [-0.2, -0.15) is 0 Å². The predicted molar refractivity (Wildman–Crippen MR) is 69.4 cm³/mol. The molecule has 1 heterocycles. The molecule has 0 amide bonds.